The molecule has 0 bridgehead atoms. The van der Waals surface area contributed by atoms with Gasteiger partial charge in [0, 0.05) is 12.3 Å². The van der Waals surface area contributed by atoms with E-state index in [-0.39, 0.29) is 17.7 Å². The summed E-state index contributed by atoms with van der Waals surface area (Å²) in [6.45, 7) is 4.19. The van der Waals surface area contributed by atoms with Crippen LogP contribution in [0.4, 0.5) is 0 Å². The minimum atomic E-state index is -0.229. The predicted molar refractivity (Wildman–Crippen MR) is 81.6 cm³/mol. The average Bonchev–Trinajstić information content (AvgIpc) is 2.44. The molecule has 3 heteroatoms. The van der Waals surface area contributed by atoms with Gasteiger partial charge in [0.2, 0.25) is 0 Å². The van der Waals surface area contributed by atoms with Crippen molar-refractivity contribution in [2.45, 2.75) is 39.2 Å². The summed E-state index contributed by atoms with van der Waals surface area (Å²) >= 11 is 0. The number of benzene rings is 1. The summed E-state index contributed by atoms with van der Waals surface area (Å²) in [6.07, 6.45) is 2.67. The first-order valence-corrected chi connectivity index (χ1v) is 7.26. The Morgan fingerprint density at radius 2 is 1.90 bits per heavy atom. The van der Waals surface area contributed by atoms with Gasteiger partial charge in [-0.05, 0) is 31.4 Å². The third kappa shape index (κ3) is 5.66. The fourth-order valence-electron chi connectivity index (χ4n) is 2.37. The van der Waals surface area contributed by atoms with E-state index in [1.807, 2.05) is 30.3 Å². The van der Waals surface area contributed by atoms with Crippen LogP contribution >= 0.6 is 0 Å². The quantitative estimate of drug-likeness (QED) is 0.705. The van der Waals surface area contributed by atoms with Crippen LogP contribution in [-0.4, -0.2) is 25.2 Å². The van der Waals surface area contributed by atoms with E-state index in [1.54, 1.807) is 7.05 Å². The first-order valence-electron chi connectivity index (χ1n) is 7.26. The minimum absolute atomic E-state index is 0.134. The number of carbonyl (C=O) groups is 2. The molecule has 0 spiro atoms. The zero-order valence-electron chi connectivity index (χ0n) is 12.6. The number of carbonyl (C=O) groups excluding carboxylic acids is 2. The van der Waals surface area contributed by atoms with Gasteiger partial charge >= 0.3 is 0 Å². The molecule has 0 aliphatic heterocycles. The Hall–Kier alpha value is -1.48. The normalized spacial score (nSPS) is 14.0. The van der Waals surface area contributed by atoms with Crippen LogP contribution in [0.3, 0.4) is 0 Å². The molecule has 3 nitrogen and oxygen atoms in total. The van der Waals surface area contributed by atoms with Crippen LogP contribution < -0.4 is 5.32 Å². The van der Waals surface area contributed by atoms with Gasteiger partial charge in [0.15, 0.2) is 0 Å². The van der Waals surface area contributed by atoms with Crippen molar-refractivity contribution in [3.63, 3.8) is 0 Å². The molecule has 110 valence electrons. The summed E-state index contributed by atoms with van der Waals surface area (Å²) in [4.78, 5) is 23.5. The summed E-state index contributed by atoms with van der Waals surface area (Å²) in [7, 11) is 1.80. The van der Waals surface area contributed by atoms with Gasteiger partial charge < -0.3 is 10.1 Å². The van der Waals surface area contributed by atoms with Crippen LogP contribution in [0.25, 0.3) is 0 Å². The molecule has 0 aliphatic carbocycles. The summed E-state index contributed by atoms with van der Waals surface area (Å²) in [5.74, 6) is 0.363. The van der Waals surface area contributed by atoms with E-state index in [4.69, 9.17) is 0 Å². The van der Waals surface area contributed by atoms with E-state index in [0.29, 0.717) is 18.8 Å². The zero-order valence-corrected chi connectivity index (χ0v) is 12.6. The maximum absolute atomic E-state index is 12.2. The second-order valence-corrected chi connectivity index (χ2v) is 5.73. The Morgan fingerprint density at radius 1 is 1.25 bits per heavy atom. The van der Waals surface area contributed by atoms with Gasteiger partial charge in [-0.3, -0.25) is 4.79 Å². The van der Waals surface area contributed by atoms with Crippen LogP contribution in [0.2, 0.25) is 0 Å². The minimum Gasteiger partial charge on any atom is -0.311 e. The lowest BCUT2D eigenvalue weighted by molar-refractivity contribution is -0.124. The lowest BCUT2D eigenvalue weighted by Crippen LogP contribution is -2.36. The molecular weight excluding hydrogens is 250 g/mol. The van der Waals surface area contributed by atoms with E-state index >= 15 is 0 Å². The van der Waals surface area contributed by atoms with E-state index in [0.717, 1.165) is 18.3 Å². The highest BCUT2D eigenvalue weighted by Crippen LogP contribution is 2.14. The SMILES string of the molecule is CN[C@@H](CC(C)C)C(=O)C[C@H](C=O)Cc1ccccc1. The highest BCUT2D eigenvalue weighted by atomic mass is 16.1. The fraction of sp³-hybridized carbons (Fsp3) is 0.529. The number of aldehydes is 1. The van der Waals surface area contributed by atoms with E-state index in [2.05, 4.69) is 19.2 Å². The second-order valence-electron chi connectivity index (χ2n) is 5.73. The van der Waals surface area contributed by atoms with Crippen molar-refractivity contribution < 1.29 is 9.59 Å². The topological polar surface area (TPSA) is 46.2 Å². The van der Waals surface area contributed by atoms with Gasteiger partial charge in [-0.15, -0.1) is 0 Å². The molecule has 0 fully saturated rings. The number of rotatable bonds is 9. The smallest absolute Gasteiger partial charge is 0.150 e. The number of likely N-dealkylation sites (N-methyl/N-ethyl adjacent to an activating group) is 1. The van der Waals surface area contributed by atoms with Crippen molar-refractivity contribution >= 4 is 12.1 Å². The molecular formula is C17H25NO2. The predicted octanol–water partition coefficient (Wildman–Crippen LogP) is 2.64. The van der Waals surface area contributed by atoms with Crippen molar-refractivity contribution in [3.8, 4) is 0 Å². The molecule has 1 aromatic rings. The maximum Gasteiger partial charge on any atom is 0.150 e. The Kier molecular flexibility index (Phi) is 7.16. The Bertz CT molecular complexity index is 414. The molecule has 0 amide bonds. The van der Waals surface area contributed by atoms with Crippen molar-refractivity contribution in [1.82, 2.24) is 5.32 Å². The monoisotopic (exact) mass is 275 g/mol. The zero-order chi connectivity index (χ0) is 15.0. The van der Waals surface area contributed by atoms with Crippen LogP contribution in [0.5, 0.6) is 0 Å². The molecule has 0 heterocycles. The first kappa shape index (κ1) is 16.6. The third-order valence-electron chi connectivity index (χ3n) is 3.44. The highest BCUT2D eigenvalue weighted by molar-refractivity contribution is 5.86. The van der Waals surface area contributed by atoms with Crippen LogP contribution in [0, 0.1) is 11.8 Å². The summed E-state index contributed by atoms with van der Waals surface area (Å²) in [5.41, 5.74) is 1.10. The largest absolute Gasteiger partial charge is 0.311 e. The molecule has 1 rings (SSSR count). The maximum atomic E-state index is 12.2. The third-order valence-corrected chi connectivity index (χ3v) is 3.44. The number of Topliss-reactive ketones (excluding diaryl/α,β-unsaturated/α-hetero) is 1. The lowest BCUT2D eigenvalue weighted by atomic mass is 9.91. The number of hydrogen-bond acceptors (Lipinski definition) is 3. The summed E-state index contributed by atoms with van der Waals surface area (Å²) < 4.78 is 0. The van der Waals surface area contributed by atoms with Crippen LogP contribution in [-0.2, 0) is 16.0 Å². The van der Waals surface area contributed by atoms with Crippen LogP contribution in [0.15, 0.2) is 30.3 Å². The summed E-state index contributed by atoms with van der Waals surface area (Å²) in [5, 5.41) is 3.06. The fourth-order valence-corrected chi connectivity index (χ4v) is 2.37. The van der Waals surface area contributed by atoms with Gasteiger partial charge in [-0.25, -0.2) is 0 Å². The van der Waals surface area contributed by atoms with Gasteiger partial charge in [-0.1, -0.05) is 44.2 Å². The molecule has 0 aromatic heterocycles. The molecule has 0 saturated heterocycles. The summed E-state index contributed by atoms with van der Waals surface area (Å²) in [6, 6.07) is 9.69. The molecule has 0 saturated carbocycles. The molecule has 0 radical (unpaired) electrons. The van der Waals surface area contributed by atoms with Crippen molar-refractivity contribution in [3.05, 3.63) is 35.9 Å². The van der Waals surface area contributed by atoms with Crippen molar-refractivity contribution in [2.75, 3.05) is 7.05 Å². The molecule has 20 heavy (non-hydrogen) atoms. The van der Waals surface area contributed by atoms with Gasteiger partial charge in [0.05, 0.1) is 6.04 Å². The molecule has 0 aliphatic rings. The molecule has 2 atom stereocenters. The second kappa shape index (κ2) is 8.64. The van der Waals surface area contributed by atoms with E-state index < -0.39 is 0 Å². The Labute approximate surface area is 121 Å². The Morgan fingerprint density at radius 3 is 2.40 bits per heavy atom. The highest BCUT2D eigenvalue weighted by Gasteiger charge is 2.21. The van der Waals surface area contributed by atoms with Crippen LogP contribution in [0.1, 0.15) is 32.3 Å². The van der Waals surface area contributed by atoms with Gasteiger partial charge in [0.1, 0.15) is 12.1 Å². The Balaban J connectivity index is 2.58. The number of nitrogens with one attached hydrogen (secondary N) is 1. The van der Waals surface area contributed by atoms with Crippen molar-refractivity contribution in [2.24, 2.45) is 11.8 Å². The first-order chi connectivity index (χ1) is 9.56. The number of ketones is 1. The molecule has 0 unspecified atom stereocenters. The van der Waals surface area contributed by atoms with Gasteiger partial charge in [-0.2, -0.15) is 0 Å². The molecule has 1 N–H and O–H groups in total. The standard InChI is InChI=1S/C17H25NO2/c1-13(2)9-16(18-3)17(20)11-15(12-19)10-14-7-5-4-6-8-14/h4-8,12-13,15-16,18H,9-11H2,1-3H3/t15-,16+/m1/s1. The number of hydrogen-bond donors (Lipinski definition) is 1. The van der Waals surface area contributed by atoms with E-state index in [9.17, 15) is 9.59 Å². The average molecular weight is 275 g/mol. The van der Waals surface area contributed by atoms with Crippen molar-refractivity contribution in [1.29, 1.82) is 0 Å². The lowest BCUT2D eigenvalue weighted by Gasteiger charge is -2.19. The molecule has 1 aromatic carbocycles. The van der Waals surface area contributed by atoms with Gasteiger partial charge in [0.25, 0.3) is 0 Å². The van der Waals surface area contributed by atoms with E-state index in [1.165, 1.54) is 0 Å².